The Morgan fingerprint density at radius 1 is 1.04 bits per heavy atom. The number of nitrogens with one attached hydrogen (secondary N) is 1. The van der Waals surface area contributed by atoms with E-state index in [0.717, 1.165) is 31.5 Å². The third-order valence-corrected chi connectivity index (χ3v) is 4.52. The molecule has 6 heteroatoms. The number of rotatable bonds is 7. The molecular weight excluding hydrogens is 347 g/mol. The van der Waals surface area contributed by atoms with Crippen LogP contribution >= 0.6 is 0 Å². The average molecular weight is 370 g/mol. The van der Waals surface area contributed by atoms with Crippen LogP contribution in [0.4, 0.5) is 4.39 Å². The van der Waals surface area contributed by atoms with Crippen molar-refractivity contribution in [2.24, 2.45) is 0 Å². The van der Waals surface area contributed by atoms with E-state index in [2.05, 4.69) is 5.32 Å². The van der Waals surface area contributed by atoms with Crippen molar-refractivity contribution in [1.82, 2.24) is 10.2 Å². The standard InChI is InChI=1S/C21H23FN2O3/c22-17-9-7-16(8-10-17)15-27-19-6-2-1-5-18(19)21(26)23-12-11-20(25)24-13-3-4-14-24/h1-2,5-10H,3-4,11-15H2,(H,23,26). The minimum atomic E-state index is -0.304. The number of hydrogen-bond acceptors (Lipinski definition) is 3. The summed E-state index contributed by atoms with van der Waals surface area (Å²) in [5, 5.41) is 2.78. The molecule has 3 rings (SSSR count). The van der Waals surface area contributed by atoms with E-state index in [0.29, 0.717) is 24.3 Å². The third kappa shape index (κ3) is 5.29. The number of nitrogens with zero attached hydrogens (tertiary/aromatic N) is 1. The van der Waals surface area contributed by atoms with Gasteiger partial charge in [-0.3, -0.25) is 9.59 Å². The van der Waals surface area contributed by atoms with Crippen molar-refractivity contribution in [3.8, 4) is 5.75 Å². The summed E-state index contributed by atoms with van der Waals surface area (Å²) in [7, 11) is 0. The lowest BCUT2D eigenvalue weighted by atomic mass is 10.2. The number of para-hydroxylation sites is 1. The van der Waals surface area contributed by atoms with Gasteiger partial charge in [-0.1, -0.05) is 24.3 Å². The topological polar surface area (TPSA) is 58.6 Å². The fourth-order valence-corrected chi connectivity index (χ4v) is 3.02. The van der Waals surface area contributed by atoms with E-state index in [9.17, 15) is 14.0 Å². The normalized spacial score (nSPS) is 13.4. The summed E-state index contributed by atoms with van der Waals surface area (Å²) in [6, 6.07) is 13.0. The first-order valence-electron chi connectivity index (χ1n) is 9.16. The summed E-state index contributed by atoms with van der Waals surface area (Å²) in [6.07, 6.45) is 2.40. The van der Waals surface area contributed by atoms with E-state index >= 15 is 0 Å². The molecule has 0 aliphatic carbocycles. The number of amides is 2. The minimum Gasteiger partial charge on any atom is -0.488 e. The van der Waals surface area contributed by atoms with Crippen LogP contribution in [-0.2, 0) is 11.4 Å². The Morgan fingerprint density at radius 2 is 1.74 bits per heavy atom. The van der Waals surface area contributed by atoms with Crippen molar-refractivity contribution in [3.05, 3.63) is 65.5 Å². The second-order valence-electron chi connectivity index (χ2n) is 6.51. The molecule has 1 heterocycles. The van der Waals surface area contributed by atoms with Gasteiger partial charge in [0.2, 0.25) is 5.91 Å². The van der Waals surface area contributed by atoms with Crippen LogP contribution in [0.1, 0.15) is 35.2 Å². The van der Waals surface area contributed by atoms with E-state index in [1.54, 1.807) is 36.4 Å². The van der Waals surface area contributed by atoms with Gasteiger partial charge in [0.15, 0.2) is 0 Å². The monoisotopic (exact) mass is 370 g/mol. The van der Waals surface area contributed by atoms with Crippen molar-refractivity contribution in [2.45, 2.75) is 25.9 Å². The van der Waals surface area contributed by atoms with Gasteiger partial charge < -0.3 is 15.0 Å². The van der Waals surface area contributed by atoms with Gasteiger partial charge >= 0.3 is 0 Å². The summed E-state index contributed by atoms with van der Waals surface area (Å²) in [5.74, 6) is -0.0558. The van der Waals surface area contributed by atoms with Gasteiger partial charge in [-0.15, -0.1) is 0 Å². The van der Waals surface area contributed by atoms with Crippen LogP contribution in [0.5, 0.6) is 5.75 Å². The Labute approximate surface area is 158 Å². The van der Waals surface area contributed by atoms with Gasteiger partial charge in [0.05, 0.1) is 5.56 Å². The van der Waals surface area contributed by atoms with Gasteiger partial charge in [0, 0.05) is 26.1 Å². The van der Waals surface area contributed by atoms with Crippen LogP contribution in [0.3, 0.4) is 0 Å². The number of carbonyl (C=O) groups is 2. The molecule has 0 unspecified atom stereocenters. The summed E-state index contributed by atoms with van der Waals surface area (Å²) in [5.41, 5.74) is 1.22. The Balaban J connectivity index is 1.53. The Morgan fingerprint density at radius 3 is 2.48 bits per heavy atom. The van der Waals surface area contributed by atoms with Crippen molar-refractivity contribution >= 4 is 11.8 Å². The predicted octanol–water partition coefficient (Wildman–Crippen LogP) is 3.15. The molecule has 0 bridgehead atoms. The number of ether oxygens (including phenoxy) is 1. The molecule has 0 atom stereocenters. The van der Waals surface area contributed by atoms with Gasteiger partial charge in [-0.05, 0) is 42.7 Å². The number of hydrogen-bond donors (Lipinski definition) is 1. The van der Waals surface area contributed by atoms with Crippen LogP contribution in [0.25, 0.3) is 0 Å². The molecule has 0 aromatic heterocycles. The van der Waals surface area contributed by atoms with Gasteiger partial charge in [0.25, 0.3) is 5.91 Å². The van der Waals surface area contributed by atoms with Crippen molar-refractivity contribution in [2.75, 3.05) is 19.6 Å². The maximum atomic E-state index is 13.0. The number of carbonyl (C=O) groups excluding carboxylic acids is 2. The number of halogens is 1. The SMILES string of the molecule is O=C(NCCC(=O)N1CCCC1)c1ccccc1OCc1ccc(F)cc1. The Hall–Kier alpha value is -2.89. The Bertz CT molecular complexity index is 786. The van der Waals surface area contributed by atoms with Crippen LogP contribution in [-0.4, -0.2) is 36.3 Å². The summed E-state index contributed by atoms with van der Waals surface area (Å²) in [6.45, 7) is 2.15. The first kappa shape index (κ1) is 18.9. The third-order valence-electron chi connectivity index (χ3n) is 4.52. The maximum absolute atomic E-state index is 13.0. The lowest BCUT2D eigenvalue weighted by molar-refractivity contribution is -0.129. The first-order valence-corrected chi connectivity index (χ1v) is 9.16. The van der Waals surface area contributed by atoms with Crippen LogP contribution in [0.15, 0.2) is 48.5 Å². The molecule has 2 aromatic carbocycles. The molecule has 1 N–H and O–H groups in total. The van der Waals surface area contributed by atoms with E-state index in [1.165, 1.54) is 12.1 Å². The second kappa shape index (κ2) is 9.16. The molecule has 1 saturated heterocycles. The molecule has 0 spiro atoms. The molecule has 2 aromatic rings. The van der Waals surface area contributed by atoms with E-state index < -0.39 is 0 Å². The quantitative estimate of drug-likeness (QED) is 0.815. The molecule has 0 radical (unpaired) electrons. The van der Waals surface area contributed by atoms with Crippen LogP contribution < -0.4 is 10.1 Å². The molecule has 2 amide bonds. The minimum absolute atomic E-state index is 0.0774. The molecule has 142 valence electrons. The van der Waals surface area contributed by atoms with Crippen LogP contribution in [0, 0.1) is 5.82 Å². The predicted molar refractivity (Wildman–Crippen MR) is 99.9 cm³/mol. The Kier molecular flexibility index (Phi) is 6.41. The van der Waals surface area contributed by atoms with Gasteiger partial charge in [0.1, 0.15) is 18.2 Å². The molecule has 1 fully saturated rings. The average Bonchev–Trinajstić information content (AvgIpc) is 3.22. The van der Waals surface area contributed by atoms with Crippen molar-refractivity contribution in [3.63, 3.8) is 0 Å². The van der Waals surface area contributed by atoms with Gasteiger partial charge in [-0.25, -0.2) is 4.39 Å². The molecule has 1 aliphatic rings. The lowest BCUT2D eigenvalue weighted by Gasteiger charge is -2.15. The summed E-state index contributed by atoms with van der Waals surface area (Å²) >= 11 is 0. The molecule has 5 nitrogen and oxygen atoms in total. The molecule has 1 aliphatic heterocycles. The number of benzene rings is 2. The molecule has 27 heavy (non-hydrogen) atoms. The highest BCUT2D eigenvalue weighted by atomic mass is 19.1. The molecular formula is C21H23FN2O3. The van der Waals surface area contributed by atoms with Crippen molar-refractivity contribution < 1.29 is 18.7 Å². The van der Waals surface area contributed by atoms with Crippen LogP contribution in [0.2, 0.25) is 0 Å². The summed E-state index contributed by atoms with van der Waals surface area (Å²) < 4.78 is 18.7. The zero-order chi connectivity index (χ0) is 19.1. The highest BCUT2D eigenvalue weighted by Crippen LogP contribution is 2.19. The summed E-state index contributed by atoms with van der Waals surface area (Å²) in [4.78, 5) is 26.3. The maximum Gasteiger partial charge on any atom is 0.255 e. The highest BCUT2D eigenvalue weighted by Gasteiger charge is 2.18. The fraction of sp³-hybridized carbons (Fsp3) is 0.333. The lowest BCUT2D eigenvalue weighted by Crippen LogP contribution is -2.32. The zero-order valence-electron chi connectivity index (χ0n) is 15.1. The highest BCUT2D eigenvalue weighted by molar-refractivity contribution is 5.97. The first-order chi connectivity index (χ1) is 13.1. The zero-order valence-corrected chi connectivity index (χ0v) is 15.1. The smallest absolute Gasteiger partial charge is 0.255 e. The largest absolute Gasteiger partial charge is 0.488 e. The fourth-order valence-electron chi connectivity index (χ4n) is 3.02. The van der Waals surface area contributed by atoms with Gasteiger partial charge in [-0.2, -0.15) is 0 Å². The van der Waals surface area contributed by atoms with E-state index in [-0.39, 0.29) is 24.2 Å². The number of likely N-dealkylation sites (tertiary alicyclic amines) is 1. The molecule has 0 saturated carbocycles. The van der Waals surface area contributed by atoms with Crippen molar-refractivity contribution in [1.29, 1.82) is 0 Å². The second-order valence-corrected chi connectivity index (χ2v) is 6.51. The van der Waals surface area contributed by atoms with E-state index in [4.69, 9.17) is 4.74 Å². The van der Waals surface area contributed by atoms with E-state index in [1.807, 2.05) is 4.90 Å².